The fraction of sp³-hybridized carbons (Fsp3) is 0.933. The lowest BCUT2D eigenvalue weighted by atomic mass is 9.84. The first kappa shape index (κ1) is 16.4. The van der Waals surface area contributed by atoms with Crippen molar-refractivity contribution in [3.8, 4) is 0 Å². The average Bonchev–Trinajstić information content (AvgIpc) is 2.35. The van der Waals surface area contributed by atoms with Crippen LogP contribution in [0.15, 0.2) is 0 Å². The SMILES string of the molecule is CCOC1CCN(C(=O)C(CN)CC(C)(C)C)CC1. The van der Waals surface area contributed by atoms with Crippen LogP contribution >= 0.6 is 0 Å². The topological polar surface area (TPSA) is 55.6 Å². The summed E-state index contributed by atoms with van der Waals surface area (Å²) in [5.74, 6) is 0.191. The Balaban J connectivity index is 2.48. The molecular formula is C15H30N2O2. The zero-order valence-corrected chi connectivity index (χ0v) is 12.9. The summed E-state index contributed by atoms with van der Waals surface area (Å²) >= 11 is 0. The van der Waals surface area contributed by atoms with E-state index in [4.69, 9.17) is 10.5 Å². The van der Waals surface area contributed by atoms with Crippen molar-refractivity contribution in [3.63, 3.8) is 0 Å². The first-order valence-corrected chi connectivity index (χ1v) is 7.48. The van der Waals surface area contributed by atoms with E-state index in [2.05, 4.69) is 20.8 Å². The van der Waals surface area contributed by atoms with Crippen LogP contribution in [0, 0.1) is 11.3 Å². The van der Waals surface area contributed by atoms with E-state index in [-0.39, 0.29) is 17.2 Å². The van der Waals surface area contributed by atoms with Crippen LogP contribution in [0.2, 0.25) is 0 Å². The fourth-order valence-corrected chi connectivity index (χ4v) is 2.75. The summed E-state index contributed by atoms with van der Waals surface area (Å²) in [5.41, 5.74) is 5.93. The smallest absolute Gasteiger partial charge is 0.226 e. The van der Waals surface area contributed by atoms with Crippen LogP contribution in [-0.4, -0.2) is 43.2 Å². The lowest BCUT2D eigenvalue weighted by molar-refractivity contribution is -0.138. The number of hydrogen-bond acceptors (Lipinski definition) is 3. The molecule has 1 rings (SSSR count). The monoisotopic (exact) mass is 270 g/mol. The Kier molecular flexibility index (Phi) is 6.27. The normalized spacial score (nSPS) is 19.5. The van der Waals surface area contributed by atoms with Crippen molar-refractivity contribution in [3.05, 3.63) is 0 Å². The number of ether oxygens (including phenoxy) is 1. The van der Waals surface area contributed by atoms with Gasteiger partial charge < -0.3 is 15.4 Å². The highest BCUT2D eigenvalue weighted by Gasteiger charge is 2.30. The number of likely N-dealkylation sites (tertiary alicyclic amines) is 1. The van der Waals surface area contributed by atoms with Crippen LogP contribution in [0.5, 0.6) is 0 Å². The molecule has 1 fully saturated rings. The number of carbonyl (C=O) groups is 1. The molecule has 112 valence electrons. The number of amides is 1. The van der Waals surface area contributed by atoms with Crippen molar-refractivity contribution in [1.82, 2.24) is 4.90 Å². The number of carbonyl (C=O) groups excluding carboxylic acids is 1. The highest BCUT2D eigenvalue weighted by atomic mass is 16.5. The Morgan fingerprint density at radius 2 is 1.95 bits per heavy atom. The molecule has 1 aliphatic heterocycles. The van der Waals surface area contributed by atoms with Crippen LogP contribution in [0.3, 0.4) is 0 Å². The molecular weight excluding hydrogens is 240 g/mol. The Bertz CT molecular complexity index is 278. The molecule has 1 heterocycles. The number of rotatable bonds is 5. The highest BCUT2D eigenvalue weighted by Crippen LogP contribution is 2.26. The van der Waals surface area contributed by atoms with Crippen molar-refractivity contribution in [2.45, 2.75) is 53.1 Å². The highest BCUT2D eigenvalue weighted by molar-refractivity contribution is 5.79. The largest absolute Gasteiger partial charge is 0.378 e. The zero-order chi connectivity index (χ0) is 14.5. The third kappa shape index (κ3) is 5.49. The molecule has 1 saturated heterocycles. The third-order valence-corrected chi connectivity index (χ3v) is 3.65. The molecule has 0 bridgehead atoms. The van der Waals surface area contributed by atoms with Gasteiger partial charge in [0.25, 0.3) is 0 Å². The van der Waals surface area contributed by atoms with E-state index in [9.17, 15) is 4.79 Å². The summed E-state index contributed by atoms with van der Waals surface area (Å²) < 4.78 is 5.62. The molecule has 0 spiro atoms. The van der Waals surface area contributed by atoms with Crippen molar-refractivity contribution in [2.75, 3.05) is 26.2 Å². The predicted octanol–water partition coefficient (Wildman–Crippen LogP) is 2.02. The number of nitrogens with two attached hydrogens (primary N) is 1. The van der Waals surface area contributed by atoms with Crippen LogP contribution in [0.1, 0.15) is 47.0 Å². The molecule has 1 atom stereocenters. The molecule has 19 heavy (non-hydrogen) atoms. The van der Waals surface area contributed by atoms with Gasteiger partial charge in [0.05, 0.1) is 12.0 Å². The summed E-state index contributed by atoms with van der Waals surface area (Å²) in [7, 11) is 0. The van der Waals surface area contributed by atoms with Gasteiger partial charge in [-0.15, -0.1) is 0 Å². The molecule has 0 radical (unpaired) electrons. The minimum atomic E-state index is -0.0383. The van der Waals surface area contributed by atoms with Gasteiger partial charge in [-0.25, -0.2) is 0 Å². The molecule has 0 saturated carbocycles. The van der Waals surface area contributed by atoms with Gasteiger partial charge in [-0.05, 0) is 31.6 Å². The molecule has 0 aromatic carbocycles. The number of hydrogen-bond donors (Lipinski definition) is 1. The molecule has 0 aromatic heterocycles. The molecule has 1 aliphatic rings. The lowest BCUT2D eigenvalue weighted by Crippen LogP contribution is -2.46. The Morgan fingerprint density at radius 3 is 2.37 bits per heavy atom. The predicted molar refractivity (Wildman–Crippen MR) is 77.8 cm³/mol. The van der Waals surface area contributed by atoms with Crippen LogP contribution in [0.25, 0.3) is 0 Å². The maximum absolute atomic E-state index is 12.5. The van der Waals surface area contributed by atoms with Crippen LogP contribution in [-0.2, 0) is 9.53 Å². The summed E-state index contributed by atoms with van der Waals surface area (Å²) in [5, 5.41) is 0. The summed E-state index contributed by atoms with van der Waals surface area (Å²) in [4.78, 5) is 14.4. The quantitative estimate of drug-likeness (QED) is 0.831. The second-order valence-electron chi connectivity index (χ2n) is 6.68. The third-order valence-electron chi connectivity index (χ3n) is 3.65. The first-order valence-electron chi connectivity index (χ1n) is 7.48. The number of piperidine rings is 1. The Labute approximate surface area is 117 Å². The lowest BCUT2D eigenvalue weighted by Gasteiger charge is -2.35. The molecule has 4 heteroatoms. The molecule has 2 N–H and O–H groups in total. The van der Waals surface area contributed by atoms with Crippen molar-refractivity contribution < 1.29 is 9.53 Å². The fourth-order valence-electron chi connectivity index (χ4n) is 2.75. The van der Waals surface area contributed by atoms with Crippen LogP contribution < -0.4 is 5.73 Å². The zero-order valence-electron chi connectivity index (χ0n) is 12.9. The van der Waals surface area contributed by atoms with Gasteiger partial charge in [-0.2, -0.15) is 0 Å². The molecule has 1 unspecified atom stereocenters. The summed E-state index contributed by atoms with van der Waals surface area (Å²) in [6.45, 7) is 11.3. The van der Waals surface area contributed by atoms with Gasteiger partial charge in [-0.3, -0.25) is 4.79 Å². The minimum Gasteiger partial charge on any atom is -0.378 e. The molecule has 1 amide bonds. The average molecular weight is 270 g/mol. The van der Waals surface area contributed by atoms with Gasteiger partial charge in [0.2, 0.25) is 5.91 Å². The maximum atomic E-state index is 12.5. The Morgan fingerprint density at radius 1 is 1.37 bits per heavy atom. The van der Waals surface area contributed by atoms with Crippen molar-refractivity contribution in [1.29, 1.82) is 0 Å². The second kappa shape index (κ2) is 7.25. The van der Waals surface area contributed by atoms with E-state index in [1.807, 2.05) is 11.8 Å². The minimum absolute atomic E-state index is 0.0383. The van der Waals surface area contributed by atoms with E-state index < -0.39 is 0 Å². The Hall–Kier alpha value is -0.610. The van der Waals surface area contributed by atoms with Gasteiger partial charge in [-0.1, -0.05) is 20.8 Å². The number of nitrogens with zero attached hydrogens (tertiary/aromatic N) is 1. The van der Waals surface area contributed by atoms with Gasteiger partial charge in [0.1, 0.15) is 0 Å². The standard InChI is InChI=1S/C15H30N2O2/c1-5-19-13-6-8-17(9-7-13)14(18)12(11-16)10-15(2,3)4/h12-13H,5-11,16H2,1-4H3. The van der Waals surface area contributed by atoms with E-state index in [1.54, 1.807) is 0 Å². The molecule has 0 aromatic rings. The van der Waals surface area contributed by atoms with Crippen molar-refractivity contribution in [2.24, 2.45) is 17.1 Å². The maximum Gasteiger partial charge on any atom is 0.226 e. The van der Waals surface area contributed by atoms with E-state index in [0.29, 0.717) is 12.6 Å². The van der Waals surface area contributed by atoms with Gasteiger partial charge in [0.15, 0.2) is 0 Å². The van der Waals surface area contributed by atoms with E-state index in [0.717, 1.165) is 39.0 Å². The van der Waals surface area contributed by atoms with Gasteiger partial charge in [0, 0.05) is 26.2 Å². The molecule has 0 aliphatic carbocycles. The van der Waals surface area contributed by atoms with Crippen molar-refractivity contribution >= 4 is 5.91 Å². The summed E-state index contributed by atoms with van der Waals surface area (Å²) in [6, 6.07) is 0. The summed E-state index contributed by atoms with van der Waals surface area (Å²) in [6.07, 6.45) is 3.08. The second-order valence-corrected chi connectivity index (χ2v) is 6.68. The van der Waals surface area contributed by atoms with E-state index in [1.165, 1.54) is 0 Å². The first-order chi connectivity index (χ1) is 8.87. The van der Waals surface area contributed by atoms with Gasteiger partial charge >= 0.3 is 0 Å². The van der Waals surface area contributed by atoms with Crippen LogP contribution in [0.4, 0.5) is 0 Å². The van der Waals surface area contributed by atoms with E-state index >= 15 is 0 Å². The molecule has 4 nitrogen and oxygen atoms in total.